The molecule has 0 saturated carbocycles. The van der Waals surface area contributed by atoms with Gasteiger partial charge >= 0.3 is 0 Å². The van der Waals surface area contributed by atoms with Crippen LogP contribution < -0.4 is 16.2 Å². The fraction of sp³-hybridized carbons (Fsp3) is 0.625. The van der Waals surface area contributed by atoms with Crippen molar-refractivity contribution in [3.8, 4) is 0 Å². The normalized spacial score (nSPS) is 28.5. The Bertz CT molecular complexity index is 398. The Balaban J connectivity index is 0.00000161. The van der Waals surface area contributed by atoms with Crippen molar-refractivity contribution in [1.82, 2.24) is 16.2 Å². The van der Waals surface area contributed by atoms with E-state index in [9.17, 15) is 0 Å². The molecule has 5 heteroatoms. The Morgan fingerprint density at radius 1 is 1.24 bits per heavy atom. The van der Waals surface area contributed by atoms with E-state index in [1.165, 1.54) is 18.4 Å². The lowest BCUT2D eigenvalue weighted by Crippen LogP contribution is -2.30. The van der Waals surface area contributed by atoms with Crippen molar-refractivity contribution in [1.29, 1.82) is 0 Å². The van der Waals surface area contributed by atoms with E-state index in [0.717, 1.165) is 32.7 Å². The van der Waals surface area contributed by atoms with E-state index in [2.05, 4.69) is 46.5 Å². The van der Waals surface area contributed by atoms with Gasteiger partial charge in [0.2, 0.25) is 0 Å². The van der Waals surface area contributed by atoms with Gasteiger partial charge in [-0.2, -0.15) is 0 Å². The van der Waals surface area contributed by atoms with Crippen molar-refractivity contribution in [2.75, 3.05) is 26.2 Å². The van der Waals surface area contributed by atoms with Gasteiger partial charge in [-0.15, -0.1) is 12.4 Å². The molecule has 2 aliphatic rings. The maximum absolute atomic E-state index is 5.65. The van der Waals surface area contributed by atoms with E-state index in [4.69, 9.17) is 4.74 Å². The molecule has 1 aromatic carbocycles. The average molecular weight is 312 g/mol. The van der Waals surface area contributed by atoms with Crippen LogP contribution in [0.3, 0.4) is 0 Å². The lowest BCUT2D eigenvalue weighted by atomic mass is 9.95. The number of hydrogen-bond donors (Lipinski definition) is 3. The molecule has 118 valence electrons. The molecule has 0 aromatic heterocycles. The number of hydrazine groups is 1. The summed E-state index contributed by atoms with van der Waals surface area (Å²) in [6.45, 7) is 4.08. The van der Waals surface area contributed by atoms with Gasteiger partial charge in [-0.05, 0) is 31.4 Å². The molecule has 0 radical (unpaired) electrons. The summed E-state index contributed by atoms with van der Waals surface area (Å²) in [5.41, 5.74) is 8.04. The van der Waals surface area contributed by atoms with Crippen LogP contribution in [0, 0.1) is 5.92 Å². The van der Waals surface area contributed by atoms with Gasteiger partial charge in [0.1, 0.15) is 0 Å². The van der Waals surface area contributed by atoms with E-state index in [1.54, 1.807) is 0 Å². The third-order valence-electron chi connectivity index (χ3n) is 4.33. The van der Waals surface area contributed by atoms with Gasteiger partial charge in [0, 0.05) is 25.6 Å². The van der Waals surface area contributed by atoms with Crippen LogP contribution in [0.4, 0.5) is 0 Å². The molecule has 2 fully saturated rings. The summed E-state index contributed by atoms with van der Waals surface area (Å²) in [4.78, 5) is 0. The van der Waals surface area contributed by atoms with Crippen molar-refractivity contribution < 1.29 is 4.74 Å². The zero-order chi connectivity index (χ0) is 13.6. The van der Waals surface area contributed by atoms with Gasteiger partial charge in [0.05, 0.1) is 12.1 Å². The number of hydrogen-bond acceptors (Lipinski definition) is 4. The maximum atomic E-state index is 5.65. The molecule has 0 aliphatic carbocycles. The molecule has 2 aliphatic heterocycles. The van der Waals surface area contributed by atoms with Crippen LogP contribution in [-0.4, -0.2) is 32.3 Å². The summed E-state index contributed by atoms with van der Waals surface area (Å²) < 4.78 is 5.65. The minimum atomic E-state index is 0. The second kappa shape index (κ2) is 8.71. The first kappa shape index (κ1) is 16.7. The van der Waals surface area contributed by atoms with E-state index in [-0.39, 0.29) is 12.4 Å². The first-order valence-electron chi connectivity index (χ1n) is 7.79. The highest BCUT2D eigenvalue weighted by molar-refractivity contribution is 5.85. The second-order valence-electron chi connectivity index (χ2n) is 5.80. The Labute approximate surface area is 133 Å². The van der Waals surface area contributed by atoms with Crippen LogP contribution >= 0.6 is 12.4 Å². The number of ether oxygens (including phenoxy) is 1. The number of rotatable bonds is 6. The molecule has 3 rings (SSSR count). The van der Waals surface area contributed by atoms with Crippen LogP contribution in [0.1, 0.15) is 30.9 Å². The average Bonchev–Trinajstić information content (AvgIpc) is 3.16. The van der Waals surface area contributed by atoms with Crippen LogP contribution in [0.25, 0.3) is 0 Å². The number of halogens is 1. The van der Waals surface area contributed by atoms with Crippen molar-refractivity contribution in [3.05, 3.63) is 35.9 Å². The Hall–Kier alpha value is -0.650. The summed E-state index contributed by atoms with van der Waals surface area (Å²) in [6.07, 6.45) is 4.11. The molecule has 1 aromatic rings. The largest absolute Gasteiger partial charge is 0.378 e. The van der Waals surface area contributed by atoms with Crippen molar-refractivity contribution >= 4 is 12.4 Å². The highest BCUT2D eigenvalue weighted by Crippen LogP contribution is 2.24. The van der Waals surface area contributed by atoms with Gasteiger partial charge in [0.25, 0.3) is 0 Å². The predicted octanol–water partition coefficient (Wildman–Crippen LogP) is 2.03. The van der Waals surface area contributed by atoms with E-state index in [0.29, 0.717) is 18.1 Å². The zero-order valence-corrected chi connectivity index (χ0v) is 13.2. The molecule has 0 spiro atoms. The van der Waals surface area contributed by atoms with Gasteiger partial charge in [0.15, 0.2) is 0 Å². The summed E-state index contributed by atoms with van der Waals surface area (Å²) >= 11 is 0. The Morgan fingerprint density at radius 2 is 2.10 bits per heavy atom. The Kier molecular flexibility index (Phi) is 6.93. The summed E-state index contributed by atoms with van der Waals surface area (Å²) in [5.74, 6) is 0.599. The molecule has 2 heterocycles. The monoisotopic (exact) mass is 311 g/mol. The van der Waals surface area contributed by atoms with Gasteiger partial charge < -0.3 is 10.1 Å². The molecule has 0 bridgehead atoms. The van der Waals surface area contributed by atoms with E-state index in [1.807, 2.05) is 0 Å². The SMILES string of the molecule is Cl.c1ccc(C2NNCC2CNCCC2CCCO2)cc1. The highest BCUT2D eigenvalue weighted by Gasteiger charge is 2.27. The van der Waals surface area contributed by atoms with Gasteiger partial charge in [-0.25, -0.2) is 5.43 Å². The standard InChI is InChI=1S/C16H25N3O.ClH/c1-2-5-13(6-3-1)16-14(12-18-19-16)11-17-9-8-15-7-4-10-20-15;/h1-3,5-6,14-19H,4,7-12H2;1H. The van der Waals surface area contributed by atoms with Crippen LogP contribution in [0.2, 0.25) is 0 Å². The molecule has 4 nitrogen and oxygen atoms in total. The minimum Gasteiger partial charge on any atom is -0.378 e. The first-order valence-corrected chi connectivity index (χ1v) is 7.79. The van der Waals surface area contributed by atoms with E-state index < -0.39 is 0 Å². The molecule has 21 heavy (non-hydrogen) atoms. The summed E-state index contributed by atoms with van der Waals surface area (Å²) in [7, 11) is 0. The van der Waals surface area contributed by atoms with Crippen LogP contribution in [0.15, 0.2) is 30.3 Å². The first-order chi connectivity index (χ1) is 9.93. The van der Waals surface area contributed by atoms with Crippen LogP contribution in [0.5, 0.6) is 0 Å². The second-order valence-corrected chi connectivity index (χ2v) is 5.80. The fourth-order valence-electron chi connectivity index (χ4n) is 3.16. The lowest BCUT2D eigenvalue weighted by molar-refractivity contribution is 0.104. The highest BCUT2D eigenvalue weighted by atomic mass is 35.5. The zero-order valence-electron chi connectivity index (χ0n) is 12.4. The predicted molar refractivity (Wildman–Crippen MR) is 87.5 cm³/mol. The van der Waals surface area contributed by atoms with Gasteiger partial charge in [-0.3, -0.25) is 5.43 Å². The molecule has 2 saturated heterocycles. The smallest absolute Gasteiger partial charge is 0.0588 e. The molecule has 0 amide bonds. The number of nitrogens with one attached hydrogen (secondary N) is 3. The van der Waals surface area contributed by atoms with E-state index >= 15 is 0 Å². The molecular weight excluding hydrogens is 286 g/mol. The molecule has 3 N–H and O–H groups in total. The third-order valence-corrected chi connectivity index (χ3v) is 4.33. The molecule has 3 unspecified atom stereocenters. The molecular formula is C16H26ClN3O. The molecule has 3 atom stereocenters. The third kappa shape index (κ3) is 4.66. The van der Waals surface area contributed by atoms with Crippen molar-refractivity contribution in [2.24, 2.45) is 5.92 Å². The summed E-state index contributed by atoms with van der Waals surface area (Å²) in [5, 5.41) is 3.59. The lowest BCUT2D eigenvalue weighted by Gasteiger charge is -2.19. The van der Waals surface area contributed by atoms with Crippen LogP contribution in [-0.2, 0) is 4.74 Å². The Morgan fingerprint density at radius 3 is 2.86 bits per heavy atom. The minimum absolute atomic E-state index is 0. The summed E-state index contributed by atoms with van der Waals surface area (Å²) in [6, 6.07) is 11.1. The number of benzene rings is 1. The fourth-order valence-corrected chi connectivity index (χ4v) is 3.16. The quantitative estimate of drug-likeness (QED) is 0.704. The van der Waals surface area contributed by atoms with Crippen molar-refractivity contribution in [3.63, 3.8) is 0 Å². The van der Waals surface area contributed by atoms with Gasteiger partial charge in [-0.1, -0.05) is 30.3 Å². The topological polar surface area (TPSA) is 45.3 Å². The maximum Gasteiger partial charge on any atom is 0.0588 e. The van der Waals surface area contributed by atoms with Crippen molar-refractivity contribution in [2.45, 2.75) is 31.4 Å².